The number of hydrogen-bond acceptors (Lipinski definition) is 3. The maximum Gasteiger partial charge on any atom is 0.209 e. The molecule has 0 bridgehead atoms. The normalized spacial score (nSPS) is 11.4. The van der Waals surface area contributed by atoms with Crippen molar-refractivity contribution in [2.45, 2.75) is 16.8 Å². The summed E-state index contributed by atoms with van der Waals surface area (Å²) in [7, 11) is 0. The van der Waals surface area contributed by atoms with Gasteiger partial charge >= 0.3 is 0 Å². The zero-order valence-corrected chi connectivity index (χ0v) is 15.3. The molecule has 0 unspecified atom stereocenters. The zero-order chi connectivity index (χ0) is 17.8. The fourth-order valence-electron chi connectivity index (χ4n) is 3.20. The van der Waals surface area contributed by atoms with Gasteiger partial charge in [-0.3, -0.25) is 5.10 Å². The van der Waals surface area contributed by atoms with E-state index in [2.05, 4.69) is 88.0 Å². The van der Waals surface area contributed by atoms with Crippen LogP contribution >= 0.6 is 11.8 Å². The maximum atomic E-state index is 4.57. The molecule has 0 fully saturated rings. The molecule has 0 aliphatic carbocycles. The Morgan fingerprint density at radius 3 is 1.46 bits per heavy atom. The van der Waals surface area contributed by atoms with E-state index in [1.165, 1.54) is 16.7 Å². The number of thioether (sulfide) groups is 1. The number of nitrogens with one attached hydrogen (secondary N) is 1. The summed E-state index contributed by atoms with van der Waals surface area (Å²) in [5, 5.41) is 8.10. The molecule has 3 aromatic carbocycles. The van der Waals surface area contributed by atoms with Crippen LogP contribution in [0, 0.1) is 6.92 Å². The lowest BCUT2D eigenvalue weighted by atomic mass is 9.84. The minimum atomic E-state index is -0.432. The number of rotatable bonds is 5. The molecule has 1 N–H and O–H groups in total. The molecule has 128 valence electrons. The van der Waals surface area contributed by atoms with Crippen LogP contribution in [0.1, 0.15) is 22.5 Å². The third-order valence-corrected chi connectivity index (χ3v) is 5.74. The average Bonchev–Trinajstić information content (AvgIpc) is 3.13. The maximum absolute atomic E-state index is 4.57. The Morgan fingerprint density at radius 1 is 0.692 bits per heavy atom. The van der Waals surface area contributed by atoms with Crippen molar-refractivity contribution in [3.63, 3.8) is 0 Å². The van der Waals surface area contributed by atoms with Gasteiger partial charge in [-0.15, -0.1) is 5.10 Å². The Hall–Kier alpha value is -2.85. The summed E-state index contributed by atoms with van der Waals surface area (Å²) in [6.45, 7) is 1.92. The van der Waals surface area contributed by atoms with Crippen LogP contribution in [0.25, 0.3) is 0 Å². The van der Waals surface area contributed by atoms with E-state index in [0.717, 1.165) is 11.0 Å². The standard InChI is InChI=1S/C22H19N3S/c1-17-23-21(25-24-17)26-22(18-11-5-2-6-12-18,19-13-7-3-8-14-19)20-15-9-4-10-16-20/h2-16H,1H3,(H,23,24,25). The second-order valence-corrected chi connectivity index (χ2v) is 7.27. The fraction of sp³-hybridized carbons (Fsp3) is 0.0909. The molecule has 0 amide bonds. The lowest BCUT2D eigenvalue weighted by Crippen LogP contribution is -2.25. The van der Waals surface area contributed by atoms with E-state index in [4.69, 9.17) is 0 Å². The Balaban J connectivity index is 2.00. The average molecular weight is 357 g/mol. The molecular weight excluding hydrogens is 338 g/mol. The van der Waals surface area contributed by atoms with E-state index in [1.807, 2.05) is 25.1 Å². The number of aryl methyl sites for hydroxylation is 1. The number of aromatic amines is 1. The van der Waals surface area contributed by atoms with Gasteiger partial charge in [0.1, 0.15) is 5.82 Å². The number of aromatic nitrogens is 3. The highest BCUT2D eigenvalue weighted by molar-refractivity contribution is 8.00. The molecular formula is C22H19N3S. The Morgan fingerprint density at radius 2 is 1.12 bits per heavy atom. The van der Waals surface area contributed by atoms with Crippen LogP contribution in [-0.2, 0) is 4.75 Å². The van der Waals surface area contributed by atoms with E-state index in [0.29, 0.717) is 0 Å². The van der Waals surface area contributed by atoms with Crippen molar-refractivity contribution in [2.24, 2.45) is 0 Å². The second kappa shape index (κ2) is 7.18. The Bertz CT molecular complexity index is 869. The number of hydrogen-bond donors (Lipinski definition) is 1. The molecule has 0 spiro atoms. The van der Waals surface area contributed by atoms with E-state index in [9.17, 15) is 0 Å². The molecule has 0 aliphatic rings. The van der Waals surface area contributed by atoms with Gasteiger partial charge in [-0.1, -0.05) is 103 Å². The van der Waals surface area contributed by atoms with E-state index < -0.39 is 4.75 Å². The summed E-state index contributed by atoms with van der Waals surface area (Å²) in [4.78, 5) is 4.57. The SMILES string of the molecule is Cc1nc(SC(c2ccccc2)(c2ccccc2)c2ccccc2)n[nH]1. The third kappa shape index (κ3) is 3.04. The smallest absolute Gasteiger partial charge is 0.209 e. The molecule has 0 saturated carbocycles. The molecule has 1 aromatic heterocycles. The number of H-pyrrole nitrogens is 1. The summed E-state index contributed by atoms with van der Waals surface area (Å²) < 4.78 is -0.432. The second-order valence-electron chi connectivity index (χ2n) is 6.08. The predicted octanol–water partition coefficient (Wildman–Crippen LogP) is 5.20. The van der Waals surface area contributed by atoms with Crippen LogP contribution in [0.4, 0.5) is 0 Å². The van der Waals surface area contributed by atoms with Gasteiger partial charge in [0.25, 0.3) is 0 Å². The highest BCUT2D eigenvalue weighted by Crippen LogP contribution is 2.50. The van der Waals surface area contributed by atoms with Crippen LogP contribution in [0.3, 0.4) is 0 Å². The fourth-order valence-corrected chi connectivity index (χ4v) is 4.51. The van der Waals surface area contributed by atoms with Crippen molar-refractivity contribution >= 4 is 11.8 Å². The quantitative estimate of drug-likeness (QED) is 0.394. The Kier molecular flexibility index (Phi) is 4.59. The van der Waals surface area contributed by atoms with Crippen LogP contribution < -0.4 is 0 Å². The van der Waals surface area contributed by atoms with Gasteiger partial charge in [-0.2, -0.15) is 0 Å². The molecule has 0 saturated heterocycles. The highest BCUT2D eigenvalue weighted by Gasteiger charge is 2.38. The van der Waals surface area contributed by atoms with Crippen molar-refractivity contribution < 1.29 is 0 Å². The van der Waals surface area contributed by atoms with Gasteiger partial charge in [0.15, 0.2) is 0 Å². The first-order chi connectivity index (χ1) is 12.8. The predicted molar refractivity (Wildman–Crippen MR) is 106 cm³/mol. The molecule has 1 heterocycles. The molecule has 4 heteroatoms. The molecule has 0 radical (unpaired) electrons. The summed E-state index contributed by atoms with van der Waals surface area (Å²) in [6, 6.07) is 31.7. The molecule has 3 nitrogen and oxygen atoms in total. The van der Waals surface area contributed by atoms with Gasteiger partial charge in [-0.25, -0.2) is 4.98 Å². The van der Waals surface area contributed by atoms with Crippen molar-refractivity contribution in [3.05, 3.63) is 114 Å². The largest absolute Gasteiger partial charge is 0.262 e. The highest BCUT2D eigenvalue weighted by atomic mass is 32.2. The molecule has 4 aromatic rings. The topological polar surface area (TPSA) is 41.6 Å². The number of benzene rings is 3. The first kappa shape index (κ1) is 16.6. The molecule has 4 rings (SSSR count). The molecule has 0 aliphatic heterocycles. The van der Waals surface area contributed by atoms with Crippen molar-refractivity contribution in [1.82, 2.24) is 15.2 Å². The third-order valence-electron chi connectivity index (χ3n) is 4.36. The van der Waals surface area contributed by atoms with Gasteiger partial charge in [0.2, 0.25) is 5.16 Å². The van der Waals surface area contributed by atoms with Crippen molar-refractivity contribution in [3.8, 4) is 0 Å². The Labute approximate surface area is 157 Å². The molecule has 26 heavy (non-hydrogen) atoms. The molecule has 0 atom stereocenters. The van der Waals surface area contributed by atoms with Crippen LogP contribution in [0.5, 0.6) is 0 Å². The van der Waals surface area contributed by atoms with Gasteiger partial charge in [0.05, 0.1) is 4.75 Å². The lowest BCUT2D eigenvalue weighted by Gasteiger charge is -2.34. The number of nitrogens with zero attached hydrogens (tertiary/aromatic N) is 2. The van der Waals surface area contributed by atoms with Gasteiger partial charge < -0.3 is 0 Å². The first-order valence-corrected chi connectivity index (χ1v) is 9.35. The van der Waals surface area contributed by atoms with E-state index in [-0.39, 0.29) is 0 Å². The van der Waals surface area contributed by atoms with Crippen LogP contribution in [0.2, 0.25) is 0 Å². The minimum absolute atomic E-state index is 0.432. The summed E-state index contributed by atoms with van der Waals surface area (Å²) >= 11 is 1.66. The van der Waals surface area contributed by atoms with E-state index >= 15 is 0 Å². The van der Waals surface area contributed by atoms with Gasteiger partial charge in [-0.05, 0) is 23.6 Å². The van der Waals surface area contributed by atoms with Crippen molar-refractivity contribution in [1.29, 1.82) is 0 Å². The van der Waals surface area contributed by atoms with Crippen molar-refractivity contribution in [2.75, 3.05) is 0 Å². The minimum Gasteiger partial charge on any atom is -0.262 e. The zero-order valence-electron chi connectivity index (χ0n) is 14.5. The summed E-state index contributed by atoms with van der Waals surface area (Å²) in [5.74, 6) is 0.815. The van der Waals surface area contributed by atoms with Crippen LogP contribution in [0.15, 0.2) is 96.2 Å². The first-order valence-electron chi connectivity index (χ1n) is 8.53. The van der Waals surface area contributed by atoms with E-state index in [1.54, 1.807) is 11.8 Å². The van der Waals surface area contributed by atoms with Crippen LogP contribution in [-0.4, -0.2) is 15.2 Å². The summed E-state index contributed by atoms with van der Waals surface area (Å²) in [5.41, 5.74) is 3.60. The van der Waals surface area contributed by atoms with Gasteiger partial charge in [0, 0.05) is 0 Å². The lowest BCUT2D eigenvalue weighted by molar-refractivity contribution is 0.873. The monoisotopic (exact) mass is 357 g/mol. The summed E-state index contributed by atoms with van der Waals surface area (Å²) in [6.07, 6.45) is 0.